The van der Waals surface area contributed by atoms with Crippen molar-refractivity contribution in [2.45, 2.75) is 106 Å². The molecule has 1 spiro atoms. The molecular weight excluding hydrogens is 803 g/mol. The molecule has 2 bridgehead atoms. The van der Waals surface area contributed by atoms with E-state index in [0.29, 0.717) is 82.6 Å². The molecule has 1 saturated carbocycles. The van der Waals surface area contributed by atoms with Crippen molar-refractivity contribution in [1.29, 1.82) is 0 Å². The van der Waals surface area contributed by atoms with Crippen molar-refractivity contribution in [2.75, 3.05) is 84.0 Å². The van der Waals surface area contributed by atoms with Gasteiger partial charge in [0.25, 0.3) is 0 Å². The molecule has 7 aliphatic rings. The Kier molecular flexibility index (Phi) is 9.87. The molecule has 0 amide bonds. The number of hydrogen-bond acceptors (Lipinski definition) is 13. The first-order valence-electron chi connectivity index (χ1n) is 23.0. The number of esters is 3. The average molecular weight is 866 g/mol. The second-order valence-electron chi connectivity index (χ2n) is 19.7. The van der Waals surface area contributed by atoms with Gasteiger partial charge in [-0.25, -0.2) is 4.79 Å². The molecular formula is C49H63N5O9. The van der Waals surface area contributed by atoms with Gasteiger partial charge < -0.3 is 43.9 Å². The average Bonchev–Trinajstić information content (AvgIpc) is 3.91. The molecule has 338 valence electrons. The smallest absolute Gasteiger partial charge is 0.344 e. The molecule has 14 heteroatoms. The van der Waals surface area contributed by atoms with Crippen molar-refractivity contribution in [3.05, 3.63) is 64.9 Å². The number of carbonyl (C=O) groups is 3. The van der Waals surface area contributed by atoms with Gasteiger partial charge in [0, 0.05) is 110 Å². The van der Waals surface area contributed by atoms with Gasteiger partial charge in [-0.2, -0.15) is 0 Å². The van der Waals surface area contributed by atoms with Crippen LogP contribution in [0.15, 0.2) is 42.5 Å². The number of methoxy groups -OCH3 is 3. The highest BCUT2D eigenvalue weighted by atomic mass is 16.6. The Morgan fingerprint density at radius 3 is 2.37 bits per heavy atom. The molecule has 3 aromatic rings. The number of aromatic nitrogens is 1. The number of piperidine rings is 1. The Morgan fingerprint density at radius 1 is 0.921 bits per heavy atom. The van der Waals surface area contributed by atoms with Gasteiger partial charge in [0.15, 0.2) is 6.10 Å². The van der Waals surface area contributed by atoms with Crippen LogP contribution in [0.4, 0.5) is 11.4 Å². The summed E-state index contributed by atoms with van der Waals surface area (Å²) < 4.78 is 24.1. The summed E-state index contributed by atoms with van der Waals surface area (Å²) in [6.45, 7) is 10.6. The lowest BCUT2D eigenvalue weighted by molar-refractivity contribution is -0.228. The summed E-state index contributed by atoms with van der Waals surface area (Å²) in [7, 11) is 6.20. The number of fused-ring (bicyclic) bond motifs is 6. The van der Waals surface area contributed by atoms with E-state index in [0.717, 1.165) is 58.6 Å². The third kappa shape index (κ3) is 5.59. The summed E-state index contributed by atoms with van der Waals surface area (Å²) in [5.41, 5.74) is -0.451. The lowest BCUT2D eigenvalue weighted by atomic mass is 9.47. The minimum atomic E-state index is -2.31. The van der Waals surface area contributed by atoms with Gasteiger partial charge in [-0.05, 0) is 92.8 Å². The second kappa shape index (κ2) is 14.7. The summed E-state index contributed by atoms with van der Waals surface area (Å²) in [4.78, 5) is 56.0. The molecule has 3 saturated heterocycles. The minimum absolute atomic E-state index is 0.106. The number of aliphatic hydroxyl groups is 2. The molecule has 4 fully saturated rings. The fraction of sp³-hybridized carbons (Fsp3) is 0.612. The van der Waals surface area contributed by atoms with E-state index in [1.54, 1.807) is 7.11 Å². The first-order chi connectivity index (χ1) is 30.2. The number of anilines is 2. The largest absolute Gasteiger partial charge is 0.496 e. The zero-order valence-electron chi connectivity index (χ0n) is 37.8. The number of H-pyrrole nitrogens is 1. The Balaban J connectivity index is 1.27. The number of nitrogens with one attached hydrogen (secondary N) is 1. The zero-order chi connectivity index (χ0) is 44.4. The van der Waals surface area contributed by atoms with E-state index in [2.05, 4.69) is 56.1 Å². The fourth-order valence-corrected chi connectivity index (χ4v) is 14.3. The molecule has 1 unspecified atom stereocenters. The summed E-state index contributed by atoms with van der Waals surface area (Å²) in [5.74, 6) is -1.55. The van der Waals surface area contributed by atoms with Crippen LogP contribution in [0.2, 0.25) is 0 Å². The van der Waals surface area contributed by atoms with Gasteiger partial charge in [-0.3, -0.25) is 19.4 Å². The van der Waals surface area contributed by atoms with Crippen LogP contribution in [0.5, 0.6) is 5.75 Å². The number of aromatic amines is 1. The SMILES string of the molecule is CC[C@]1(O)C[C@H]2CN(CCc3c([nH]c4ccc(N5CCC5)cc34)[C@@](C(=O)OC)(c3cc4c(cc3OC)N(C)[C@H]3[C@@](O)(C(=O)OC)[C@H](OC(C)=O)[C@]5(CC)C=CCN6CC[C@]43[C@@H]65)C2)C1. The summed E-state index contributed by atoms with van der Waals surface area (Å²) in [6, 6.07) is 9.39. The number of rotatable bonds is 8. The van der Waals surface area contributed by atoms with Crippen LogP contribution in [-0.2, 0) is 45.8 Å². The quantitative estimate of drug-likeness (QED) is 0.168. The van der Waals surface area contributed by atoms with E-state index in [1.165, 1.54) is 21.1 Å². The number of ether oxygens (including phenoxy) is 4. The molecule has 1 aliphatic carbocycles. The summed E-state index contributed by atoms with van der Waals surface area (Å²) in [5, 5.41) is 26.6. The van der Waals surface area contributed by atoms with Gasteiger partial charge >= 0.3 is 17.9 Å². The van der Waals surface area contributed by atoms with E-state index >= 15 is 4.79 Å². The van der Waals surface area contributed by atoms with Gasteiger partial charge in [-0.15, -0.1) is 0 Å². The predicted octanol–water partition coefficient (Wildman–Crippen LogP) is 4.20. The van der Waals surface area contributed by atoms with E-state index in [9.17, 15) is 19.8 Å². The number of hydrogen-bond donors (Lipinski definition) is 3. The third-order valence-electron chi connectivity index (χ3n) is 16.9. The van der Waals surface area contributed by atoms with Crippen LogP contribution in [0.3, 0.4) is 0 Å². The van der Waals surface area contributed by atoms with Crippen LogP contribution < -0.4 is 14.5 Å². The van der Waals surface area contributed by atoms with E-state index in [-0.39, 0.29) is 12.0 Å². The predicted molar refractivity (Wildman–Crippen MR) is 237 cm³/mol. The number of benzene rings is 2. The Bertz CT molecular complexity index is 2410. The second-order valence-corrected chi connectivity index (χ2v) is 19.7. The summed E-state index contributed by atoms with van der Waals surface area (Å²) in [6.07, 6.45) is 7.10. The van der Waals surface area contributed by atoms with Crippen molar-refractivity contribution < 1.29 is 43.5 Å². The van der Waals surface area contributed by atoms with Gasteiger partial charge in [0.2, 0.25) is 5.60 Å². The first-order valence-corrected chi connectivity index (χ1v) is 23.0. The molecule has 10 rings (SSSR count). The topological polar surface area (TPSA) is 157 Å². The molecule has 3 N–H and O–H groups in total. The molecule has 6 aliphatic heterocycles. The highest BCUT2D eigenvalue weighted by Crippen LogP contribution is 2.68. The third-order valence-corrected chi connectivity index (χ3v) is 16.9. The standard InChI is InChI=1S/C49H63N5O9/c1-8-45(58)25-30-26-48(43(56)61-6,39-32(14-20-52(27-30)28-45)33-22-31(53-18-11-19-53)12-13-36(33)50-39)35-23-34-37(24-38(35)60-5)51(4)41-47(34)16-21-54-17-10-15-46(9-2,40(47)54)42(63-29(3)55)49(41,59)44(57)62-7/h10,12-13,15,22-24,30,40-42,50,58-59H,8-9,11,14,16-21,25-28H2,1-7H3/t30-,40+,41-,42-,45+,46-,47-,48+,49+/m1/s1. The number of carbonyl (C=O) groups excluding carboxylic acids is 3. The fourth-order valence-electron chi connectivity index (χ4n) is 14.3. The molecule has 1 aromatic heterocycles. The molecule has 0 radical (unpaired) electrons. The van der Waals surface area contributed by atoms with E-state index in [1.807, 2.05) is 31.9 Å². The van der Waals surface area contributed by atoms with Crippen LogP contribution in [0.25, 0.3) is 10.9 Å². The molecule has 14 nitrogen and oxygen atoms in total. The maximum absolute atomic E-state index is 15.5. The molecule has 2 aromatic carbocycles. The van der Waals surface area contributed by atoms with Gasteiger partial charge in [-0.1, -0.05) is 26.0 Å². The van der Waals surface area contributed by atoms with E-state index < -0.39 is 57.5 Å². The highest BCUT2D eigenvalue weighted by molar-refractivity contribution is 5.96. The van der Waals surface area contributed by atoms with Crippen LogP contribution in [0, 0.1) is 11.3 Å². The Morgan fingerprint density at radius 2 is 1.70 bits per heavy atom. The zero-order valence-corrected chi connectivity index (χ0v) is 37.8. The maximum atomic E-state index is 15.5. The Labute approximate surface area is 369 Å². The normalized spacial score (nSPS) is 36.5. The molecule has 10 atom stereocenters. The lowest BCUT2D eigenvalue weighted by Crippen LogP contribution is -2.81. The number of nitrogens with zero attached hydrogens (tertiary/aromatic N) is 4. The number of likely N-dealkylation sites (N-methyl/N-ethyl adjacent to an activating group) is 1. The lowest BCUT2D eigenvalue weighted by Gasteiger charge is -2.63. The van der Waals surface area contributed by atoms with Crippen molar-refractivity contribution in [3.8, 4) is 5.75 Å². The molecule has 63 heavy (non-hydrogen) atoms. The minimum Gasteiger partial charge on any atom is -0.496 e. The van der Waals surface area contributed by atoms with Crippen molar-refractivity contribution in [1.82, 2.24) is 14.8 Å². The van der Waals surface area contributed by atoms with Gasteiger partial charge in [0.05, 0.1) is 33.0 Å². The highest BCUT2D eigenvalue weighted by Gasteiger charge is 2.80. The first kappa shape index (κ1) is 42.3. The van der Waals surface area contributed by atoms with Crippen LogP contribution in [-0.4, -0.2) is 146 Å². The van der Waals surface area contributed by atoms with E-state index in [4.69, 9.17) is 18.9 Å². The van der Waals surface area contributed by atoms with Crippen LogP contribution in [0.1, 0.15) is 81.7 Å². The van der Waals surface area contributed by atoms with Crippen molar-refractivity contribution in [2.24, 2.45) is 11.3 Å². The molecule has 7 heterocycles. The summed E-state index contributed by atoms with van der Waals surface area (Å²) >= 11 is 0. The maximum Gasteiger partial charge on any atom is 0.344 e. The Hall–Kier alpha value is -4.63. The van der Waals surface area contributed by atoms with Crippen molar-refractivity contribution in [3.63, 3.8) is 0 Å². The van der Waals surface area contributed by atoms with Crippen LogP contribution >= 0.6 is 0 Å². The van der Waals surface area contributed by atoms with Gasteiger partial charge in [0.1, 0.15) is 11.2 Å². The monoisotopic (exact) mass is 865 g/mol. The van der Waals surface area contributed by atoms with Crippen molar-refractivity contribution >= 4 is 40.2 Å².